The van der Waals surface area contributed by atoms with Crippen molar-refractivity contribution in [3.05, 3.63) is 28.2 Å². The number of likely N-dealkylation sites (N-methyl/N-ethyl adjacent to an activating group) is 2. The van der Waals surface area contributed by atoms with Crippen LogP contribution >= 0.6 is 15.9 Å². The summed E-state index contributed by atoms with van der Waals surface area (Å²) in [6.45, 7) is 1.92. The number of nitrogens with two attached hydrogens (primary N) is 1. The van der Waals surface area contributed by atoms with Crippen molar-refractivity contribution in [2.75, 3.05) is 39.1 Å². The predicted octanol–water partition coefficient (Wildman–Crippen LogP) is 1.54. The molecule has 0 saturated carbocycles. The Morgan fingerprint density at radius 1 is 1.33 bits per heavy atom. The highest BCUT2D eigenvalue weighted by Gasteiger charge is 2.08. The lowest BCUT2D eigenvalue weighted by molar-refractivity contribution is 0.318. The Bertz CT molecular complexity index is 434. The molecular weight excluding hydrogens is 296 g/mol. The number of amidine groups is 1. The third-order valence-corrected chi connectivity index (χ3v) is 3.32. The molecule has 0 aliphatic heterocycles. The summed E-state index contributed by atoms with van der Waals surface area (Å²) in [5, 5.41) is 11.7. The van der Waals surface area contributed by atoms with E-state index >= 15 is 0 Å². The Hall–Kier alpha value is -1.27. The van der Waals surface area contributed by atoms with Crippen LogP contribution in [0.1, 0.15) is 5.56 Å². The van der Waals surface area contributed by atoms with E-state index in [-0.39, 0.29) is 5.84 Å². The number of halogens is 1. The van der Waals surface area contributed by atoms with Gasteiger partial charge in [0.05, 0.1) is 0 Å². The first-order valence-corrected chi connectivity index (χ1v) is 6.38. The number of hydrogen-bond donors (Lipinski definition) is 2. The highest BCUT2D eigenvalue weighted by atomic mass is 79.9. The Kier molecular flexibility index (Phi) is 5.43. The van der Waals surface area contributed by atoms with E-state index < -0.39 is 0 Å². The summed E-state index contributed by atoms with van der Waals surface area (Å²) in [6.07, 6.45) is 0. The maximum Gasteiger partial charge on any atom is 0.171 e. The lowest BCUT2D eigenvalue weighted by Gasteiger charge is -2.22. The number of rotatable bonds is 5. The van der Waals surface area contributed by atoms with Gasteiger partial charge in [-0.3, -0.25) is 0 Å². The monoisotopic (exact) mass is 314 g/mol. The van der Waals surface area contributed by atoms with Gasteiger partial charge in [-0.05, 0) is 48.2 Å². The molecule has 100 valence electrons. The van der Waals surface area contributed by atoms with Crippen molar-refractivity contribution in [2.45, 2.75) is 0 Å². The van der Waals surface area contributed by atoms with Gasteiger partial charge in [0.25, 0.3) is 0 Å². The molecule has 0 radical (unpaired) electrons. The normalized spacial score (nSPS) is 11.9. The van der Waals surface area contributed by atoms with Crippen LogP contribution in [0.3, 0.4) is 0 Å². The third-order valence-electron chi connectivity index (χ3n) is 2.66. The number of nitrogens with zero attached hydrogens (tertiary/aromatic N) is 3. The van der Waals surface area contributed by atoms with Gasteiger partial charge in [-0.25, -0.2) is 0 Å². The van der Waals surface area contributed by atoms with Gasteiger partial charge in [-0.2, -0.15) is 0 Å². The van der Waals surface area contributed by atoms with E-state index in [0.29, 0.717) is 5.56 Å². The van der Waals surface area contributed by atoms with Crippen LogP contribution < -0.4 is 10.6 Å². The van der Waals surface area contributed by atoms with E-state index in [4.69, 9.17) is 10.9 Å². The first-order valence-electron chi connectivity index (χ1n) is 5.59. The molecule has 0 aliphatic carbocycles. The second-order valence-electron chi connectivity index (χ2n) is 4.37. The molecule has 0 bridgehead atoms. The van der Waals surface area contributed by atoms with E-state index in [9.17, 15) is 0 Å². The second kappa shape index (κ2) is 6.61. The minimum atomic E-state index is 0.101. The largest absolute Gasteiger partial charge is 0.409 e. The lowest BCUT2D eigenvalue weighted by Crippen LogP contribution is -2.28. The Morgan fingerprint density at radius 3 is 2.50 bits per heavy atom. The first-order chi connectivity index (χ1) is 8.45. The molecule has 18 heavy (non-hydrogen) atoms. The molecule has 0 aliphatic rings. The van der Waals surface area contributed by atoms with Crippen LogP contribution in [0.2, 0.25) is 0 Å². The predicted molar refractivity (Wildman–Crippen MR) is 78.5 cm³/mol. The van der Waals surface area contributed by atoms with E-state index in [1.165, 1.54) is 0 Å². The molecule has 1 rings (SSSR count). The van der Waals surface area contributed by atoms with Gasteiger partial charge in [0, 0.05) is 35.9 Å². The molecule has 0 aromatic heterocycles. The van der Waals surface area contributed by atoms with Crippen LogP contribution in [0, 0.1) is 0 Å². The summed E-state index contributed by atoms with van der Waals surface area (Å²) in [5.74, 6) is 0.101. The summed E-state index contributed by atoms with van der Waals surface area (Å²) in [6, 6.07) is 5.75. The minimum absolute atomic E-state index is 0.101. The van der Waals surface area contributed by atoms with Gasteiger partial charge in [-0.15, -0.1) is 0 Å². The smallest absolute Gasteiger partial charge is 0.171 e. The Balaban J connectivity index is 2.84. The van der Waals surface area contributed by atoms with Gasteiger partial charge in [0.2, 0.25) is 0 Å². The molecule has 6 heteroatoms. The molecule has 0 spiro atoms. The quantitative estimate of drug-likeness (QED) is 0.374. The molecule has 3 N–H and O–H groups in total. The zero-order valence-corrected chi connectivity index (χ0v) is 12.5. The molecule has 0 amide bonds. The Labute approximate surface area is 116 Å². The van der Waals surface area contributed by atoms with Crippen LogP contribution in [0.25, 0.3) is 0 Å². The molecule has 5 nitrogen and oxygen atoms in total. The average Bonchev–Trinajstić information content (AvgIpc) is 2.34. The highest BCUT2D eigenvalue weighted by Crippen LogP contribution is 2.23. The van der Waals surface area contributed by atoms with Gasteiger partial charge in [0.15, 0.2) is 5.84 Å². The summed E-state index contributed by atoms with van der Waals surface area (Å²) < 4.78 is 0.812. The van der Waals surface area contributed by atoms with E-state index in [0.717, 1.165) is 23.2 Å². The van der Waals surface area contributed by atoms with Crippen molar-refractivity contribution in [2.24, 2.45) is 10.9 Å². The molecule has 0 heterocycles. The van der Waals surface area contributed by atoms with E-state index in [2.05, 4.69) is 30.9 Å². The zero-order chi connectivity index (χ0) is 13.7. The zero-order valence-electron chi connectivity index (χ0n) is 10.9. The molecule has 0 fully saturated rings. The lowest BCUT2D eigenvalue weighted by atomic mass is 10.2. The number of anilines is 1. The van der Waals surface area contributed by atoms with E-state index in [1.807, 2.05) is 39.3 Å². The standard InChI is InChI=1S/C12H19BrN4O/c1-16(2)6-7-17(3)9-4-5-10(11(13)8-9)12(14)15-18/h4-5,8,18H,6-7H2,1-3H3,(H2,14,15). The van der Waals surface area contributed by atoms with Crippen LogP contribution in [0.15, 0.2) is 27.8 Å². The second-order valence-corrected chi connectivity index (χ2v) is 5.23. The van der Waals surface area contributed by atoms with Crippen molar-refractivity contribution in [1.29, 1.82) is 0 Å². The number of oxime groups is 1. The highest BCUT2D eigenvalue weighted by molar-refractivity contribution is 9.10. The van der Waals surface area contributed by atoms with Crippen LogP contribution in [0.4, 0.5) is 5.69 Å². The number of hydrogen-bond acceptors (Lipinski definition) is 4. The minimum Gasteiger partial charge on any atom is -0.409 e. The van der Waals surface area contributed by atoms with Crippen molar-refractivity contribution in [3.63, 3.8) is 0 Å². The summed E-state index contributed by atoms with van der Waals surface area (Å²) in [7, 11) is 6.13. The van der Waals surface area contributed by atoms with Crippen LogP contribution in [-0.4, -0.2) is 50.2 Å². The fourth-order valence-electron chi connectivity index (χ4n) is 1.48. The first kappa shape index (κ1) is 14.8. The third kappa shape index (κ3) is 3.89. The molecular formula is C12H19BrN4O. The van der Waals surface area contributed by atoms with E-state index in [1.54, 1.807) is 0 Å². The molecule has 0 atom stereocenters. The topological polar surface area (TPSA) is 65.1 Å². The summed E-state index contributed by atoms with van der Waals surface area (Å²) in [5.41, 5.74) is 7.33. The Morgan fingerprint density at radius 2 is 2.00 bits per heavy atom. The SMILES string of the molecule is CN(C)CCN(C)c1ccc(/C(N)=N/O)c(Br)c1. The van der Waals surface area contributed by atoms with Crippen LogP contribution in [-0.2, 0) is 0 Å². The van der Waals surface area contributed by atoms with Crippen molar-refractivity contribution < 1.29 is 5.21 Å². The van der Waals surface area contributed by atoms with Gasteiger partial charge in [0.1, 0.15) is 0 Å². The maximum atomic E-state index is 8.66. The van der Waals surface area contributed by atoms with Crippen molar-refractivity contribution in [1.82, 2.24) is 4.90 Å². The van der Waals surface area contributed by atoms with Crippen molar-refractivity contribution >= 4 is 27.5 Å². The molecule has 1 aromatic carbocycles. The molecule has 1 aromatic rings. The van der Waals surface area contributed by atoms with Gasteiger partial charge >= 0.3 is 0 Å². The summed E-state index contributed by atoms with van der Waals surface area (Å²) >= 11 is 3.43. The van der Waals surface area contributed by atoms with Gasteiger partial charge in [-0.1, -0.05) is 5.16 Å². The maximum absolute atomic E-state index is 8.66. The van der Waals surface area contributed by atoms with Crippen molar-refractivity contribution in [3.8, 4) is 0 Å². The average molecular weight is 315 g/mol. The number of benzene rings is 1. The molecule has 0 saturated heterocycles. The summed E-state index contributed by atoms with van der Waals surface area (Å²) in [4.78, 5) is 4.29. The van der Waals surface area contributed by atoms with Crippen LogP contribution in [0.5, 0.6) is 0 Å². The fourth-order valence-corrected chi connectivity index (χ4v) is 2.05. The molecule has 0 unspecified atom stereocenters. The van der Waals surface area contributed by atoms with Gasteiger partial charge < -0.3 is 20.7 Å². The fraction of sp³-hybridized carbons (Fsp3) is 0.417.